The van der Waals surface area contributed by atoms with Crippen LogP contribution in [0, 0.1) is 11.8 Å². The van der Waals surface area contributed by atoms with E-state index in [2.05, 4.69) is 27.9 Å². The van der Waals surface area contributed by atoms with E-state index in [1.807, 2.05) is 25.1 Å². The Kier molecular flexibility index (Phi) is 3.57. The van der Waals surface area contributed by atoms with Gasteiger partial charge in [0.25, 0.3) is 0 Å². The van der Waals surface area contributed by atoms with Crippen molar-refractivity contribution in [1.29, 1.82) is 0 Å². The van der Waals surface area contributed by atoms with E-state index >= 15 is 0 Å². The van der Waals surface area contributed by atoms with Crippen LogP contribution in [0.25, 0.3) is 11.0 Å². The normalized spacial score (nSPS) is 17.1. The summed E-state index contributed by atoms with van der Waals surface area (Å²) in [6.07, 6.45) is 0.445. The maximum absolute atomic E-state index is 12.4. The lowest BCUT2D eigenvalue weighted by Gasteiger charge is -2.31. The lowest BCUT2D eigenvalue weighted by Crippen LogP contribution is -2.47. The van der Waals surface area contributed by atoms with Crippen LogP contribution in [0.1, 0.15) is 19.7 Å². The summed E-state index contributed by atoms with van der Waals surface area (Å²) in [7, 11) is 0. The third-order valence-corrected chi connectivity index (χ3v) is 4.41. The average Bonchev–Trinajstić information content (AvgIpc) is 2.73. The summed E-state index contributed by atoms with van der Waals surface area (Å²) >= 11 is 0. The van der Waals surface area contributed by atoms with Crippen LogP contribution >= 0.6 is 0 Å². The molecule has 2 heterocycles. The number of aryl methyl sites for hydroxylation is 1. The van der Waals surface area contributed by atoms with Crippen LogP contribution in [0.4, 0.5) is 0 Å². The summed E-state index contributed by atoms with van der Waals surface area (Å²) < 4.78 is 2.15. The minimum Gasteiger partial charge on any atom is -0.328 e. The van der Waals surface area contributed by atoms with Gasteiger partial charge in [-0.2, -0.15) is 0 Å². The van der Waals surface area contributed by atoms with Crippen molar-refractivity contribution in [3.63, 3.8) is 0 Å². The summed E-state index contributed by atoms with van der Waals surface area (Å²) in [6.45, 7) is 6.94. The Bertz CT molecular complexity index is 628. The summed E-state index contributed by atoms with van der Waals surface area (Å²) in [5.74, 6) is 1.84. The van der Waals surface area contributed by atoms with E-state index in [4.69, 9.17) is 0 Å². The maximum atomic E-state index is 12.4. The quantitative estimate of drug-likeness (QED) is 0.905. The molecule has 0 aliphatic carbocycles. The predicted molar refractivity (Wildman–Crippen MR) is 79.6 cm³/mol. The molecule has 0 saturated carbocycles. The number of para-hydroxylation sites is 2. The number of nitrogens with zero attached hydrogens (tertiary/aromatic N) is 2. The Labute approximate surface area is 119 Å². The van der Waals surface area contributed by atoms with Crippen molar-refractivity contribution >= 4 is 16.8 Å². The topological polar surface area (TPSA) is 46.9 Å². The number of carbonyl (C=O) groups excluding carboxylic acids is 1. The van der Waals surface area contributed by atoms with Crippen molar-refractivity contribution < 1.29 is 4.79 Å². The van der Waals surface area contributed by atoms with E-state index in [-0.39, 0.29) is 5.92 Å². The van der Waals surface area contributed by atoms with Gasteiger partial charge in [0.2, 0.25) is 0 Å². The molecule has 1 saturated heterocycles. The Morgan fingerprint density at radius 2 is 2.20 bits per heavy atom. The van der Waals surface area contributed by atoms with E-state index in [1.54, 1.807) is 0 Å². The smallest absolute Gasteiger partial charge is 0.143 e. The molecule has 2 aromatic rings. The first-order valence-corrected chi connectivity index (χ1v) is 7.38. The van der Waals surface area contributed by atoms with Crippen molar-refractivity contribution in [1.82, 2.24) is 14.9 Å². The van der Waals surface area contributed by atoms with Crippen molar-refractivity contribution in [3.8, 4) is 0 Å². The van der Waals surface area contributed by atoms with Gasteiger partial charge in [-0.1, -0.05) is 19.1 Å². The Hall–Kier alpha value is -1.68. The van der Waals surface area contributed by atoms with Crippen LogP contribution in [0.3, 0.4) is 0 Å². The number of hydrogen-bond donors (Lipinski definition) is 1. The first kappa shape index (κ1) is 13.3. The lowest BCUT2D eigenvalue weighted by atomic mass is 9.85. The zero-order chi connectivity index (χ0) is 14.1. The summed E-state index contributed by atoms with van der Waals surface area (Å²) in [6, 6.07) is 8.09. The van der Waals surface area contributed by atoms with Crippen LogP contribution in [0.15, 0.2) is 24.3 Å². The number of ketones is 1. The molecule has 0 radical (unpaired) electrons. The van der Waals surface area contributed by atoms with Gasteiger partial charge < -0.3 is 9.88 Å². The van der Waals surface area contributed by atoms with Gasteiger partial charge in [-0.15, -0.1) is 0 Å². The van der Waals surface area contributed by atoms with Crippen LogP contribution < -0.4 is 5.32 Å². The number of hydrogen-bond acceptors (Lipinski definition) is 3. The molecule has 4 heteroatoms. The van der Waals surface area contributed by atoms with E-state index < -0.39 is 0 Å². The molecule has 0 bridgehead atoms. The molecule has 1 aromatic carbocycles. The molecule has 1 aliphatic heterocycles. The monoisotopic (exact) mass is 271 g/mol. The highest BCUT2D eigenvalue weighted by Gasteiger charge is 2.29. The van der Waals surface area contributed by atoms with E-state index in [1.165, 1.54) is 0 Å². The van der Waals surface area contributed by atoms with Gasteiger partial charge in [-0.05, 0) is 38.1 Å². The number of Topliss-reactive ketones (excluding diaryl/α,β-unsaturated/α-hetero) is 1. The fourth-order valence-corrected chi connectivity index (χ4v) is 2.86. The molecule has 0 spiro atoms. The first-order chi connectivity index (χ1) is 9.70. The number of nitrogens with one attached hydrogen (secondary N) is 1. The van der Waals surface area contributed by atoms with E-state index in [9.17, 15) is 4.79 Å². The van der Waals surface area contributed by atoms with Gasteiger partial charge in [-0.3, -0.25) is 4.79 Å². The van der Waals surface area contributed by atoms with Gasteiger partial charge in [0, 0.05) is 12.5 Å². The van der Waals surface area contributed by atoms with Crippen molar-refractivity contribution in [3.05, 3.63) is 30.1 Å². The number of imidazole rings is 1. The summed E-state index contributed by atoms with van der Waals surface area (Å²) in [4.78, 5) is 17.0. The molecular weight excluding hydrogens is 250 g/mol. The number of carbonyl (C=O) groups is 1. The molecule has 20 heavy (non-hydrogen) atoms. The lowest BCUT2D eigenvalue weighted by molar-refractivity contribution is -0.124. The standard InChI is InChI=1S/C16H21N3O/c1-3-19-14-7-5-4-6-13(14)18-16(19)8-15(20)11(2)12-9-17-10-12/h4-7,11-12,17H,3,8-10H2,1-2H3. The van der Waals surface area contributed by atoms with Crippen molar-refractivity contribution in [2.45, 2.75) is 26.8 Å². The van der Waals surface area contributed by atoms with Gasteiger partial charge in [0.1, 0.15) is 11.6 Å². The third-order valence-electron chi connectivity index (χ3n) is 4.41. The number of benzene rings is 1. The second-order valence-corrected chi connectivity index (χ2v) is 5.61. The predicted octanol–water partition coefficient (Wildman–Crippen LogP) is 2.02. The van der Waals surface area contributed by atoms with Crippen LogP contribution in [0.5, 0.6) is 0 Å². The molecule has 1 aromatic heterocycles. The highest BCUT2D eigenvalue weighted by molar-refractivity contribution is 5.84. The largest absolute Gasteiger partial charge is 0.328 e. The summed E-state index contributed by atoms with van der Waals surface area (Å²) in [5.41, 5.74) is 2.10. The minimum absolute atomic E-state index is 0.126. The van der Waals surface area contributed by atoms with Crippen LogP contribution in [0.2, 0.25) is 0 Å². The maximum Gasteiger partial charge on any atom is 0.143 e. The molecule has 1 N–H and O–H groups in total. The van der Waals surface area contributed by atoms with E-state index in [0.717, 1.165) is 36.5 Å². The van der Waals surface area contributed by atoms with Crippen molar-refractivity contribution in [2.24, 2.45) is 11.8 Å². The fraction of sp³-hybridized carbons (Fsp3) is 0.500. The number of fused-ring (bicyclic) bond motifs is 1. The zero-order valence-electron chi connectivity index (χ0n) is 12.1. The minimum atomic E-state index is 0.126. The highest BCUT2D eigenvalue weighted by atomic mass is 16.1. The van der Waals surface area contributed by atoms with Gasteiger partial charge >= 0.3 is 0 Å². The molecule has 106 valence electrons. The van der Waals surface area contributed by atoms with Crippen LogP contribution in [-0.4, -0.2) is 28.4 Å². The molecule has 1 atom stereocenters. The van der Waals surface area contributed by atoms with Gasteiger partial charge in [0.15, 0.2) is 0 Å². The Morgan fingerprint density at radius 1 is 1.45 bits per heavy atom. The second kappa shape index (κ2) is 5.37. The number of rotatable bonds is 5. The molecule has 0 amide bonds. The summed E-state index contributed by atoms with van der Waals surface area (Å²) in [5, 5.41) is 3.23. The zero-order valence-corrected chi connectivity index (χ0v) is 12.1. The van der Waals surface area contributed by atoms with Gasteiger partial charge in [0.05, 0.1) is 17.5 Å². The van der Waals surface area contributed by atoms with Gasteiger partial charge in [-0.25, -0.2) is 4.98 Å². The molecule has 1 aliphatic rings. The second-order valence-electron chi connectivity index (χ2n) is 5.61. The first-order valence-electron chi connectivity index (χ1n) is 7.38. The molecule has 1 unspecified atom stereocenters. The molecule has 1 fully saturated rings. The molecule has 3 rings (SSSR count). The highest BCUT2D eigenvalue weighted by Crippen LogP contribution is 2.21. The third kappa shape index (κ3) is 2.24. The van der Waals surface area contributed by atoms with Crippen molar-refractivity contribution in [2.75, 3.05) is 13.1 Å². The SMILES string of the molecule is CCn1c(CC(=O)C(C)C2CNC2)nc2ccccc21. The van der Waals surface area contributed by atoms with E-state index in [0.29, 0.717) is 18.1 Å². The number of aromatic nitrogens is 2. The van der Waals surface area contributed by atoms with Crippen LogP contribution in [-0.2, 0) is 17.8 Å². The molecule has 4 nitrogen and oxygen atoms in total. The molecular formula is C16H21N3O. The average molecular weight is 271 g/mol. The Morgan fingerprint density at radius 3 is 2.85 bits per heavy atom. The fourth-order valence-electron chi connectivity index (χ4n) is 2.86. The Balaban J connectivity index is 1.84.